The molecule has 3 N–H and O–H groups in total. The highest BCUT2D eigenvalue weighted by atomic mass is 19.4. The number of rotatable bonds is 2. The van der Waals surface area contributed by atoms with Gasteiger partial charge in [0.1, 0.15) is 5.56 Å². The number of H-pyrrole nitrogens is 1. The largest absolute Gasteiger partial charge is 0.421 e. The van der Waals surface area contributed by atoms with E-state index in [-0.39, 0.29) is 17.1 Å². The smallest absolute Gasteiger partial charge is 0.347 e. The molecule has 1 amide bonds. The Morgan fingerprint density at radius 1 is 1.36 bits per heavy atom. The number of amides is 1. The molecule has 1 aliphatic heterocycles. The number of pyridine rings is 1. The van der Waals surface area contributed by atoms with E-state index in [1.807, 2.05) is 4.98 Å². The van der Waals surface area contributed by atoms with E-state index >= 15 is 0 Å². The first-order valence-corrected chi connectivity index (χ1v) is 7.18. The molecule has 1 spiro atoms. The molecule has 1 saturated carbocycles. The minimum Gasteiger partial charge on any atom is -0.347 e. The predicted octanol–water partition coefficient (Wildman–Crippen LogP) is 1.41. The molecule has 0 aromatic carbocycles. The standard InChI is InChI=1S/C14H16F3N3O2/c15-14(16,17)9-6-8(7-18-12(9)22)11(21)20-10-2-5-19-13(10)3-1-4-13/h6-7,10,19H,1-5H2,(H,18,22)(H,20,21). The van der Waals surface area contributed by atoms with Crippen LogP contribution in [0.1, 0.15) is 41.6 Å². The minimum atomic E-state index is -4.78. The van der Waals surface area contributed by atoms with Crippen LogP contribution in [0.3, 0.4) is 0 Å². The van der Waals surface area contributed by atoms with Crippen LogP contribution in [0, 0.1) is 0 Å². The van der Waals surface area contributed by atoms with Gasteiger partial charge in [-0.3, -0.25) is 9.59 Å². The quantitative estimate of drug-likeness (QED) is 0.772. The summed E-state index contributed by atoms with van der Waals surface area (Å²) in [4.78, 5) is 25.4. The van der Waals surface area contributed by atoms with Crippen LogP contribution in [-0.2, 0) is 6.18 Å². The van der Waals surface area contributed by atoms with E-state index in [4.69, 9.17) is 0 Å². The topological polar surface area (TPSA) is 74.0 Å². The first-order chi connectivity index (χ1) is 10.3. The fourth-order valence-electron chi connectivity index (χ4n) is 3.23. The van der Waals surface area contributed by atoms with Crippen molar-refractivity contribution in [3.8, 4) is 0 Å². The van der Waals surface area contributed by atoms with Gasteiger partial charge in [-0.15, -0.1) is 0 Å². The zero-order valence-corrected chi connectivity index (χ0v) is 11.7. The summed E-state index contributed by atoms with van der Waals surface area (Å²) in [5.41, 5.74) is -2.90. The first kappa shape index (κ1) is 15.1. The molecule has 120 valence electrons. The summed E-state index contributed by atoms with van der Waals surface area (Å²) in [7, 11) is 0. The van der Waals surface area contributed by atoms with Gasteiger partial charge in [0.05, 0.1) is 5.56 Å². The van der Waals surface area contributed by atoms with Gasteiger partial charge in [0.15, 0.2) is 0 Å². The van der Waals surface area contributed by atoms with Gasteiger partial charge in [-0.2, -0.15) is 13.2 Å². The van der Waals surface area contributed by atoms with Crippen molar-refractivity contribution >= 4 is 5.91 Å². The number of nitrogens with one attached hydrogen (secondary N) is 3. The second kappa shape index (κ2) is 5.12. The summed E-state index contributed by atoms with van der Waals surface area (Å²) < 4.78 is 38.2. The van der Waals surface area contributed by atoms with Crippen LogP contribution in [0.25, 0.3) is 0 Å². The van der Waals surface area contributed by atoms with Crippen LogP contribution in [0.4, 0.5) is 13.2 Å². The fourth-order valence-corrected chi connectivity index (χ4v) is 3.23. The molecule has 1 aromatic heterocycles. The Labute approximate surface area is 124 Å². The molecule has 2 heterocycles. The maximum absolute atomic E-state index is 12.7. The van der Waals surface area contributed by atoms with E-state index < -0.39 is 23.2 Å². The molecule has 3 rings (SSSR count). The average Bonchev–Trinajstić information content (AvgIpc) is 2.81. The summed E-state index contributed by atoms with van der Waals surface area (Å²) >= 11 is 0. The third-order valence-electron chi connectivity index (χ3n) is 4.60. The Morgan fingerprint density at radius 3 is 2.68 bits per heavy atom. The van der Waals surface area contributed by atoms with Crippen LogP contribution < -0.4 is 16.2 Å². The number of hydrogen-bond donors (Lipinski definition) is 3. The van der Waals surface area contributed by atoms with Gasteiger partial charge in [0, 0.05) is 17.8 Å². The molecule has 0 radical (unpaired) electrons. The monoisotopic (exact) mass is 315 g/mol. The van der Waals surface area contributed by atoms with Gasteiger partial charge in [0.2, 0.25) is 0 Å². The molecular formula is C14H16F3N3O2. The zero-order valence-electron chi connectivity index (χ0n) is 11.7. The first-order valence-electron chi connectivity index (χ1n) is 7.18. The number of hydrogen-bond acceptors (Lipinski definition) is 3. The van der Waals surface area contributed by atoms with Crippen LogP contribution in [0.2, 0.25) is 0 Å². The Morgan fingerprint density at radius 2 is 2.09 bits per heavy atom. The highest BCUT2D eigenvalue weighted by molar-refractivity contribution is 5.94. The number of aromatic nitrogens is 1. The minimum absolute atomic E-state index is 0.0879. The molecule has 1 atom stereocenters. The maximum atomic E-state index is 12.7. The molecule has 2 fully saturated rings. The molecule has 1 saturated heterocycles. The molecule has 1 aromatic rings. The third-order valence-corrected chi connectivity index (χ3v) is 4.60. The number of carbonyl (C=O) groups excluding carboxylic acids is 1. The molecule has 1 unspecified atom stereocenters. The van der Waals surface area contributed by atoms with Gasteiger partial charge >= 0.3 is 6.18 Å². The summed E-state index contributed by atoms with van der Waals surface area (Å²) in [5, 5.41) is 6.16. The fraction of sp³-hybridized carbons (Fsp3) is 0.571. The lowest BCUT2D eigenvalue weighted by Gasteiger charge is -2.43. The van der Waals surface area contributed by atoms with Crippen molar-refractivity contribution in [3.63, 3.8) is 0 Å². The second-order valence-electron chi connectivity index (χ2n) is 5.88. The molecule has 5 nitrogen and oxygen atoms in total. The summed E-state index contributed by atoms with van der Waals surface area (Å²) in [6, 6.07) is 0.513. The van der Waals surface area contributed by atoms with Gasteiger partial charge in [-0.05, 0) is 38.3 Å². The van der Waals surface area contributed by atoms with Crippen molar-refractivity contribution in [2.75, 3.05) is 6.54 Å². The van der Waals surface area contributed by atoms with Gasteiger partial charge in [-0.25, -0.2) is 0 Å². The molecule has 22 heavy (non-hydrogen) atoms. The Hall–Kier alpha value is -1.83. The molecule has 8 heteroatoms. The Balaban J connectivity index is 1.79. The van der Waals surface area contributed by atoms with E-state index in [9.17, 15) is 22.8 Å². The molecule has 0 bridgehead atoms. The van der Waals surface area contributed by atoms with Crippen molar-refractivity contribution in [2.45, 2.75) is 43.4 Å². The van der Waals surface area contributed by atoms with Gasteiger partial charge in [-0.1, -0.05) is 0 Å². The zero-order chi connectivity index (χ0) is 16.0. The number of carbonyl (C=O) groups is 1. The predicted molar refractivity (Wildman–Crippen MR) is 72.5 cm³/mol. The average molecular weight is 315 g/mol. The van der Waals surface area contributed by atoms with Gasteiger partial charge < -0.3 is 15.6 Å². The molecular weight excluding hydrogens is 299 g/mol. The highest BCUT2D eigenvalue weighted by Gasteiger charge is 2.47. The van der Waals surface area contributed by atoms with Crippen LogP contribution in [0.15, 0.2) is 17.1 Å². The van der Waals surface area contributed by atoms with E-state index in [2.05, 4.69) is 10.6 Å². The van der Waals surface area contributed by atoms with Crippen LogP contribution >= 0.6 is 0 Å². The SMILES string of the molecule is O=C(NC1CCNC12CCC2)c1c[nH]c(=O)c(C(F)(F)F)c1. The lowest BCUT2D eigenvalue weighted by atomic mass is 9.73. The van der Waals surface area contributed by atoms with Crippen LogP contribution in [-0.4, -0.2) is 29.0 Å². The van der Waals surface area contributed by atoms with Crippen molar-refractivity contribution < 1.29 is 18.0 Å². The number of halogens is 3. The summed E-state index contributed by atoms with van der Waals surface area (Å²) in [5.74, 6) is -0.596. The van der Waals surface area contributed by atoms with Crippen LogP contribution in [0.5, 0.6) is 0 Å². The van der Waals surface area contributed by atoms with E-state index in [1.54, 1.807) is 0 Å². The highest BCUT2D eigenvalue weighted by Crippen LogP contribution is 2.39. The van der Waals surface area contributed by atoms with E-state index in [1.165, 1.54) is 0 Å². The Bertz CT molecular complexity index is 649. The van der Waals surface area contributed by atoms with E-state index in [0.29, 0.717) is 6.07 Å². The Kier molecular flexibility index (Phi) is 3.51. The van der Waals surface area contributed by atoms with Crippen molar-refractivity contribution in [1.29, 1.82) is 0 Å². The maximum Gasteiger partial charge on any atom is 0.421 e. The lowest BCUT2D eigenvalue weighted by molar-refractivity contribution is -0.138. The van der Waals surface area contributed by atoms with Crippen molar-refractivity contribution in [3.05, 3.63) is 33.7 Å². The number of alkyl halides is 3. The normalized spacial score (nSPS) is 23.3. The van der Waals surface area contributed by atoms with Gasteiger partial charge in [0.25, 0.3) is 11.5 Å². The second-order valence-corrected chi connectivity index (χ2v) is 5.88. The lowest BCUT2D eigenvalue weighted by Crippen LogP contribution is -2.59. The third kappa shape index (κ3) is 2.51. The summed E-state index contributed by atoms with van der Waals surface area (Å²) in [6.45, 7) is 0.782. The van der Waals surface area contributed by atoms with E-state index in [0.717, 1.165) is 38.4 Å². The molecule has 1 aliphatic carbocycles. The van der Waals surface area contributed by atoms with Crippen molar-refractivity contribution in [2.24, 2.45) is 0 Å². The van der Waals surface area contributed by atoms with Crippen molar-refractivity contribution in [1.82, 2.24) is 15.6 Å². The summed E-state index contributed by atoms with van der Waals surface area (Å²) in [6.07, 6.45) is -0.0249. The number of aromatic amines is 1. The molecule has 2 aliphatic rings.